The molecule has 0 radical (unpaired) electrons. The summed E-state index contributed by atoms with van der Waals surface area (Å²) in [5, 5.41) is 4.18. The van der Waals surface area contributed by atoms with Crippen molar-refractivity contribution in [2.75, 3.05) is 6.61 Å². The average molecular weight is 293 g/mol. The van der Waals surface area contributed by atoms with E-state index in [2.05, 4.69) is 26.9 Å². The fourth-order valence-corrected chi connectivity index (χ4v) is 2.79. The minimum Gasteiger partial charge on any atom is -0.492 e. The molecule has 0 fully saturated rings. The largest absolute Gasteiger partial charge is 0.492 e. The normalized spacial score (nSPS) is 12.3. The van der Waals surface area contributed by atoms with E-state index in [0.29, 0.717) is 6.61 Å². The second-order valence-electron chi connectivity index (χ2n) is 4.32. The molecule has 0 aliphatic carbocycles. The molecule has 1 unspecified atom stereocenters. The Morgan fingerprint density at radius 2 is 2.25 bits per heavy atom. The summed E-state index contributed by atoms with van der Waals surface area (Å²) in [5.74, 6) is 6.45. The van der Waals surface area contributed by atoms with E-state index < -0.39 is 0 Å². The smallest absolute Gasteiger partial charge is 0.137 e. The van der Waals surface area contributed by atoms with Crippen LogP contribution in [0.25, 0.3) is 0 Å². The standard InChI is InChI=1S/C13H19N5OS/c1-3-5-11-13(20-18-17-11)12(16-14)9-6-10(19-4-2)8-15-7-9/h6-8,12,16H,3-5,14H2,1-2H3. The first-order chi connectivity index (χ1) is 9.80. The Labute approximate surface area is 122 Å². The van der Waals surface area contributed by atoms with Gasteiger partial charge in [-0.15, -0.1) is 5.10 Å². The molecule has 7 heteroatoms. The number of pyridine rings is 1. The van der Waals surface area contributed by atoms with Crippen LogP contribution >= 0.6 is 11.5 Å². The third-order valence-electron chi connectivity index (χ3n) is 2.88. The molecule has 108 valence electrons. The summed E-state index contributed by atoms with van der Waals surface area (Å²) < 4.78 is 9.52. The van der Waals surface area contributed by atoms with Crippen LogP contribution in [0, 0.1) is 0 Å². The highest BCUT2D eigenvalue weighted by atomic mass is 32.1. The highest BCUT2D eigenvalue weighted by molar-refractivity contribution is 7.05. The molecule has 0 aromatic carbocycles. The van der Waals surface area contributed by atoms with Crippen LogP contribution in [0.5, 0.6) is 5.75 Å². The maximum Gasteiger partial charge on any atom is 0.137 e. The number of hydrazine groups is 1. The van der Waals surface area contributed by atoms with E-state index in [1.165, 1.54) is 11.5 Å². The second kappa shape index (κ2) is 7.28. The van der Waals surface area contributed by atoms with Gasteiger partial charge in [0.25, 0.3) is 0 Å². The van der Waals surface area contributed by atoms with Crippen molar-refractivity contribution in [3.63, 3.8) is 0 Å². The monoisotopic (exact) mass is 293 g/mol. The highest BCUT2D eigenvalue weighted by Gasteiger charge is 2.20. The van der Waals surface area contributed by atoms with Crippen molar-refractivity contribution in [1.82, 2.24) is 20.0 Å². The Kier molecular flexibility index (Phi) is 5.40. The number of hydrogen-bond acceptors (Lipinski definition) is 7. The summed E-state index contributed by atoms with van der Waals surface area (Å²) in [5.41, 5.74) is 4.76. The van der Waals surface area contributed by atoms with E-state index in [9.17, 15) is 0 Å². The molecular weight excluding hydrogens is 274 g/mol. The molecular formula is C13H19N5OS. The number of ether oxygens (including phenoxy) is 1. The molecule has 0 saturated heterocycles. The topological polar surface area (TPSA) is 86.0 Å². The number of aromatic nitrogens is 3. The van der Waals surface area contributed by atoms with Crippen LogP contribution < -0.4 is 16.0 Å². The molecule has 2 aromatic rings. The van der Waals surface area contributed by atoms with Crippen LogP contribution in [-0.2, 0) is 6.42 Å². The molecule has 20 heavy (non-hydrogen) atoms. The molecule has 0 spiro atoms. The number of nitrogens with one attached hydrogen (secondary N) is 1. The third kappa shape index (κ3) is 3.30. The van der Waals surface area contributed by atoms with Gasteiger partial charge in [0.1, 0.15) is 5.75 Å². The molecule has 0 aliphatic rings. The lowest BCUT2D eigenvalue weighted by Crippen LogP contribution is -2.29. The number of aryl methyl sites for hydroxylation is 1. The second-order valence-corrected chi connectivity index (χ2v) is 5.11. The van der Waals surface area contributed by atoms with Crippen molar-refractivity contribution in [3.8, 4) is 5.75 Å². The molecule has 6 nitrogen and oxygen atoms in total. The molecule has 2 aromatic heterocycles. The SMILES string of the molecule is CCCc1nnsc1C(NN)c1cncc(OCC)c1. The van der Waals surface area contributed by atoms with Gasteiger partial charge in [-0.2, -0.15) is 0 Å². The van der Waals surface area contributed by atoms with Gasteiger partial charge in [-0.3, -0.25) is 10.8 Å². The first-order valence-corrected chi connectivity index (χ1v) is 7.42. The molecule has 3 N–H and O–H groups in total. The molecule has 0 saturated carbocycles. The van der Waals surface area contributed by atoms with Crippen molar-refractivity contribution in [2.45, 2.75) is 32.7 Å². The van der Waals surface area contributed by atoms with Gasteiger partial charge in [0.2, 0.25) is 0 Å². The summed E-state index contributed by atoms with van der Waals surface area (Å²) in [4.78, 5) is 5.23. The number of rotatable bonds is 7. The van der Waals surface area contributed by atoms with Crippen molar-refractivity contribution in [2.24, 2.45) is 5.84 Å². The minimum atomic E-state index is -0.163. The zero-order valence-electron chi connectivity index (χ0n) is 11.7. The van der Waals surface area contributed by atoms with Gasteiger partial charge in [0, 0.05) is 6.20 Å². The van der Waals surface area contributed by atoms with Crippen LogP contribution in [0.1, 0.15) is 42.4 Å². The van der Waals surface area contributed by atoms with E-state index in [1.54, 1.807) is 12.4 Å². The Hall–Kier alpha value is -1.57. The molecule has 0 aliphatic heterocycles. The number of nitrogens with two attached hydrogens (primary N) is 1. The Balaban J connectivity index is 2.31. The summed E-state index contributed by atoms with van der Waals surface area (Å²) in [6, 6.07) is 1.78. The molecule has 0 amide bonds. The van der Waals surface area contributed by atoms with Crippen molar-refractivity contribution in [3.05, 3.63) is 34.6 Å². The van der Waals surface area contributed by atoms with E-state index in [-0.39, 0.29) is 6.04 Å². The van der Waals surface area contributed by atoms with Gasteiger partial charge in [0.15, 0.2) is 0 Å². The summed E-state index contributed by atoms with van der Waals surface area (Å²) in [6.07, 6.45) is 5.39. The van der Waals surface area contributed by atoms with Gasteiger partial charge in [-0.25, -0.2) is 5.43 Å². The number of nitrogens with zero attached hydrogens (tertiary/aromatic N) is 3. The Bertz CT molecular complexity index is 545. The lowest BCUT2D eigenvalue weighted by molar-refractivity contribution is 0.338. The van der Waals surface area contributed by atoms with E-state index in [1.807, 2.05) is 13.0 Å². The lowest BCUT2D eigenvalue weighted by atomic mass is 10.1. The maximum absolute atomic E-state index is 5.72. The van der Waals surface area contributed by atoms with E-state index in [4.69, 9.17) is 10.6 Å². The molecule has 2 rings (SSSR count). The van der Waals surface area contributed by atoms with Crippen LogP contribution in [0.15, 0.2) is 18.5 Å². The van der Waals surface area contributed by atoms with Crippen molar-refractivity contribution < 1.29 is 4.74 Å². The number of hydrogen-bond donors (Lipinski definition) is 2. The average Bonchev–Trinajstić information content (AvgIpc) is 2.89. The predicted octanol–water partition coefficient (Wildman–Crippen LogP) is 1.84. The Morgan fingerprint density at radius 3 is 2.95 bits per heavy atom. The van der Waals surface area contributed by atoms with Gasteiger partial charge in [-0.1, -0.05) is 17.8 Å². The predicted molar refractivity (Wildman–Crippen MR) is 78.5 cm³/mol. The molecule has 0 bridgehead atoms. The zero-order chi connectivity index (χ0) is 14.4. The van der Waals surface area contributed by atoms with Crippen LogP contribution in [0.4, 0.5) is 0 Å². The van der Waals surface area contributed by atoms with Crippen LogP contribution in [0.2, 0.25) is 0 Å². The summed E-state index contributed by atoms with van der Waals surface area (Å²) >= 11 is 1.36. The highest BCUT2D eigenvalue weighted by Crippen LogP contribution is 2.28. The minimum absolute atomic E-state index is 0.163. The summed E-state index contributed by atoms with van der Waals surface area (Å²) in [7, 11) is 0. The van der Waals surface area contributed by atoms with Gasteiger partial charge < -0.3 is 4.74 Å². The zero-order valence-corrected chi connectivity index (χ0v) is 12.5. The van der Waals surface area contributed by atoms with E-state index in [0.717, 1.165) is 34.7 Å². The fraction of sp³-hybridized carbons (Fsp3) is 0.462. The van der Waals surface area contributed by atoms with Crippen molar-refractivity contribution >= 4 is 11.5 Å². The summed E-state index contributed by atoms with van der Waals surface area (Å²) in [6.45, 7) is 4.66. The van der Waals surface area contributed by atoms with Gasteiger partial charge in [0.05, 0.1) is 29.4 Å². The van der Waals surface area contributed by atoms with Gasteiger partial charge >= 0.3 is 0 Å². The van der Waals surface area contributed by atoms with Gasteiger partial charge in [-0.05, 0) is 36.5 Å². The molecule has 1 atom stereocenters. The third-order valence-corrected chi connectivity index (χ3v) is 3.71. The first kappa shape index (κ1) is 14.8. The molecule has 2 heterocycles. The fourth-order valence-electron chi connectivity index (χ4n) is 2.01. The van der Waals surface area contributed by atoms with Crippen molar-refractivity contribution in [1.29, 1.82) is 0 Å². The van der Waals surface area contributed by atoms with E-state index >= 15 is 0 Å². The Morgan fingerprint density at radius 1 is 1.40 bits per heavy atom. The quantitative estimate of drug-likeness (QED) is 0.598. The van der Waals surface area contributed by atoms with Crippen LogP contribution in [-0.4, -0.2) is 21.2 Å². The maximum atomic E-state index is 5.72. The van der Waals surface area contributed by atoms with Crippen LogP contribution in [0.3, 0.4) is 0 Å². The lowest BCUT2D eigenvalue weighted by Gasteiger charge is -2.16. The first-order valence-electron chi connectivity index (χ1n) is 6.65.